The van der Waals surface area contributed by atoms with Crippen molar-refractivity contribution in [3.63, 3.8) is 0 Å². The van der Waals surface area contributed by atoms with Gasteiger partial charge >= 0.3 is 0 Å². The van der Waals surface area contributed by atoms with Crippen LogP contribution in [0.2, 0.25) is 5.02 Å². The second kappa shape index (κ2) is 5.15. The van der Waals surface area contributed by atoms with Crippen molar-refractivity contribution in [2.45, 2.75) is 6.42 Å². The molecule has 1 N–H and O–H groups in total. The van der Waals surface area contributed by atoms with E-state index < -0.39 is 0 Å². The Hall–Kier alpha value is -1.31. The Morgan fingerprint density at radius 1 is 1.69 bits per heavy atom. The minimum atomic E-state index is 0.393. The Labute approximate surface area is 99.2 Å². The summed E-state index contributed by atoms with van der Waals surface area (Å²) in [6, 6.07) is 3.63. The van der Waals surface area contributed by atoms with Crippen molar-refractivity contribution in [1.82, 2.24) is 4.98 Å². The third kappa shape index (κ3) is 2.43. The van der Waals surface area contributed by atoms with Crippen LogP contribution in [0.15, 0.2) is 12.3 Å². The van der Waals surface area contributed by atoms with Crippen LogP contribution in [0.25, 0.3) is 0 Å². The molecule has 2 heterocycles. The van der Waals surface area contributed by atoms with Crippen LogP contribution in [0.5, 0.6) is 0 Å². The lowest BCUT2D eigenvalue weighted by atomic mass is 10.1. The highest BCUT2D eigenvalue weighted by molar-refractivity contribution is 6.34. The number of nitriles is 1. The molecule has 1 aliphatic heterocycles. The molecule has 0 bridgehead atoms. The maximum atomic E-state index is 8.81. The average Bonchev–Trinajstić information content (AvgIpc) is 2.81. The van der Waals surface area contributed by atoms with E-state index in [-0.39, 0.29) is 0 Å². The van der Waals surface area contributed by atoms with E-state index in [1.54, 1.807) is 12.3 Å². The van der Waals surface area contributed by atoms with Crippen molar-refractivity contribution in [2.75, 3.05) is 25.1 Å². The Kier molecular flexibility index (Phi) is 3.60. The largest absolute Gasteiger partial charge is 0.381 e. The molecule has 1 aromatic heterocycles. The van der Waals surface area contributed by atoms with E-state index in [0.717, 1.165) is 26.2 Å². The van der Waals surface area contributed by atoms with E-state index in [1.807, 2.05) is 6.07 Å². The van der Waals surface area contributed by atoms with E-state index >= 15 is 0 Å². The van der Waals surface area contributed by atoms with E-state index in [9.17, 15) is 0 Å². The lowest BCUT2D eigenvalue weighted by Gasteiger charge is -2.11. The zero-order valence-corrected chi connectivity index (χ0v) is 9.50. The molecule has 5 heteroatoms. The number of hydrogen-bond donors (Lipinski definition) is 1. The van der Waals surface area contributed by atoms with Crippen LogP contribution in [-0.4, -0.2) is 24.7 Å². The van der Waals surface area contributed by atoms with E-state index in [0.29, 0.717) is 22.3 Å². The highest BCUT2D eigenvalue weighted by Gasteiger charge is 2.16. The second-order valence-corrected chi connectivity index (χ2v) is 4.12. The van der Waals surface area contributed by atoms with Crippen LogP contribution in [0.3, 0.4) is 0 Å². The molecule has 1 unspecified atom stereocenters. The summed E-state index contributed by atoms with van der Waals surface area (Å²) in [6.07, 6.45) is 2.64. The van der Waals surface area contributed by atoms with Gasteiger partial charge in [-0.25, -0.2) is 4.98 Å². The Morgan fingerprint density at radius 3 is 3.25 bits per heavy atom. The number of nitrogens with zero attached hydrogens (tertiary/aromatic N) is 2. The van der Waals surface area contributed by atoms with Crippen molar-refractivity contribution in [3.8, 4) is 6.07 Å². The first-order chi connectivity index (χ1) is 7.81. The van der Waals surface area contributed by atoms with Gasteiger partial charge in [-0.05, 0) is 12.5 Å². The van der Waals surface area contributed by atoms with E-state index in [1.165, 1.54) is 0 Å². The molecule has 4 nitrogen and oxygen atoms in total. The first-order valence-corrected chi connectivity index (χ1v) is 5.55. The second-order valence-electron chi connectivity index (χ2n) is 3.74. The molecule has 1 saturated heterocycles. The molecule has 0 saturated carbocycles. The average molecular weight is 238 g/mol. The monoisotopic (exact) mass is 237 g/mol. The van der Waals surface area contributed by atoms with Gasteiger partial charge < -0.3 is 10.1 Å². The van der Waals surface area contributed by atoms with Crippen molar-refractivity contribution in [2.24, 2.45) is 5.92 Å². The summed E-state index contributed by atoms with van der Waals surface area (Å²) in [5.41, 5.74) is 0.446. The van der Waals surface area contributed by atoms with Gasteiger partial charge in [0.05, 0.1) is 12.2 Å². The van der Waals surface area contributed by atoms with Gasteiger partial charge in [0.2, 0.25) is 0 Å². The molecular formula is C11H12ClN3O. The predicted octanol–water partition coefficient (Wildman–Crippen LogP) is 2.06. The number of pyridine rings is 1. The van der Waals surface area contributed by atoms with Crippen molar-refractivity contribution in [3.05, 3.63) is 22.8 Å². The molecule has 2 rings (SSSR count). The maximum Gasteiger partial charge on any atom is 0.146 e. The van der Waals surface area contributed by atoms with Gasteiger partial charge in [0.15, 0.2) is 0 Å². The van der Waals surface area contributed by atoms with Gasteiger partial charge in [0, 0.05) is 25.3 Å². The zero-order valence-electron chi connectivity index (χ0n) is 8.74. The summed E-state index contributed by atoms with van der Waals surface area (Å²) >= 11 is 6.02. The van der Waals surface area contributed by atoms with Gasteiger partial charge in [-0.15, -0.1) is 0 Å². The molecule has 84 valence electrons. The zero-order chi connectivity index (χ0) is 11.4. The summed E-state index contributed by atoms with van der Waals surface area (Å²) in [5.74, 6) is 1.08. The normalized spacial score (nSPS) is 19.4. The van der Waals surface area contributed by atoms with E-state index in [4.69, 9.17) is 21.6 Å². The van der Waals surface area contributed by atoms with Gasteiger partial charge in [-0.2, -0.15) is 5.26 Å². The molecule has 0 aromatic carbocycles. The van der Waals surface area contributed by atoms with Crippen LogP contribution in [0.1, 0.15) is 12.0 Å². The van der Waals surface area contributed by atoms with Crippen LogP contribution in [0, 0.1) is 17.2 Å². The Morgan fingerprint density at radius 2 is 2.56 bits per heavy atom. The minimum Gasteiger partial charge on any atom is -0.381 e. The molecule has 1 aliphatic rings. The van der Waals surface area contributed by atoms with Crippen LogP contribution in [0.4, 0.5) is 5.82 Å². The first-order valence-electron chi connectivity index (χ1n) is 5.17. The molecule has 0 aliphatic carbocycles. The molecule has 0 spiro atoms. The fourth-order valence-corrected chi connectivity index (χ4v) is 1.86. The molecule has 0 radical (unpaired) electrons. The number of hydrogen-bond acceptors (Lipinski definition) is 4. The smallest absolute Gasteiger partial charge is 0.146 e. The lowest BCUT2D eigenvalue weighted by Crippen LogP contribution is -2.15. The molecule has 1 fully saturated rings. The third-order valence-corrected chi connectivity index (χ3v) is 2.97. The fraction of sp³-hybridized carbons (Fsp3) is 0.455. The number of rotatable bonds is 3. The van der Waals surface area contributed by atoms with Crippen molar-refractivity contribution in [1.29, 1.82) is 5.26 Å². The summed E-state index contributed by atoms with van der Waals surface area (Å²) in [7, 11) is 0. The summed E-state index contributed by atoms with van der Waals surface area (Å²) in [4.78, 5) is 4.11. The van der Waals surface area contributed by atoms with Gasteiger partial charge in [0.1, 0.15) is 16.9 Å². The van der Waals surface area contributed by atoms with Gasteiger partial charge in [-0.1, -0.05) is 11.6 Å². The van der Waals surface area contributed by atoms with Crippen molar-refractivity contribution < 1.29 is 4.74 Å². The van der Waals surface area contributed by atoms with Crippen LogP contribution >= 0.6 is 11.6 Å². The maximum absolute atomic E-state index is 8.81. The Balaban J connectivity index is 2.01. The standard InChI is InChI=1S/C11H12ClN3O/c12-10-9(5-13)1-3-14-11(10)15-6-8-2-4-16-7-8/h1,3,8H,2,4,6-7H2,(H,14,15). The number of nitrogens with one attached hydrogen (secondary N) is 1. The predicted molar refractivity (Wildman–Crippen MR) is 61.4 cm³/mol. The highest BCUT2D eigenvalue weighted by Crippen LogP contribution is 2.23. The molecule has 16 heavy (non-hydrogen) atoms. The summed E-state index contributed by atoms with van der Waals surface area (Å²) in [6.45, 7) is 2.38. The summed E-state index contributed by atoms with van der Waals surface area (Å²) in [5, 5.41) is 12.4. The van der Waals surface area contributed by atoms with Gasteiger partial charge in [-0.3, -0.25) is 0 Å². The minimum absolute atomic E-state index is 0.393. The first kappa shape index (κ1) is 11.2. The summed E-state index contributed by atoms with van der Waals surface area (Å²) < 4.78 is 5.27. The van der Waals surface area contributed by atoms with Crippen molar-refractivity contribution >= 4 is 17.4 Å². The number of halogens is 1. The molecule has 1 atom stereocenters. The van der Waals surface area contributed by atoms with E-state index in [2.05, 4.69) is 10.3 Å². The number of anilines is 1. The third-order valence-electron chi connectivity index (χ3n) is 2.59. The highest BCUT2D eigenvalue weighted by atomic mass is 35.5. The Bertz CT molecular complexity index is 410. The topological polar surface area (TPSA) is 57.9 Å². The van der Waals surface area contributed by atoms with Gasteiger partial charge in [0.25, 0.3) is 0 Å². The molecule has 0 amide bonds. The fourth-order valence-electron chi connectivity index (χ4n) is 1.64. The number of aromatic nitrogens is 1. The number of ether oxygens (including phenoxy) is 1. The lowest BCUT2D eigenvalue weighted by molar-refractivity contribution is 0.187. The quantitative estimate of drug-likeness (QED) is 0.874. The molecule has 1 aromatic rings. The SMILES string of the molecule is N#Cc1ccnc(NCC2CCOC2)c1Cl. The molecular weight excluding hydrogens is 226 g/mol. The van der Waals surface area contributed by atoms with Crippen LogP contribution < -0.4 is 5.32 Å². The van der Waals surface area contributed by atoms with Crippen LogP contribution in [-0.2, 0) is 4.74 Å².